The average Bonchev–Trinajstić information content (AvgIpc) is 3.57. The standard InChI is InChI=1S/C29H35N9O4/c1-29(2,3)42-28(40)37-13-10-19(17-37)41-20-15-31-27(32-16-20)36-11-8-18(9-12-36)38-23-14-22(21-6-4-5-7-24(21)39)33-34-25(23)26(30)35-38/h4-7,14-16,18-19,39H,8-13,17H2,1-3H3,(H2,30,35). The van der Waals surface area contributed by atoms with Crippen molar-refractivity contribution in [3.05, 3.63) is 42.7 Å². The highest BCUT2D eigenvalue weighted by Gasteiger charge is 2.31. The molecule has 6 rings (SSSR count). The van der Waals surface area contributed by atoms with Crippen molar-refractivity contribution in [2.75, 3.05) is 36.8 Å². The lowest BCUT2D eigenvalue weighted by Gasteiger charge is -2.32. The molecule has 1 aromatic carbocycles. The lowest BCUT2D eigenvalue weighted by atomic mass is 10.1. The van der Waals surface area contributed by atoms with Crippen molar-refractivity contribution in [3.8, 4) is 22.8 Å². The van der Waals surface area contributed by atoms with Gasteiger partial charge in [0.1, 0.15) is 17.5 Å². The Morgan fingerprint density at radius 3 is 2.50 bits per heavy atom. The van der Waals surface area contributed by atoms with E-state index in [2.05, 4.69) is 30.2 Å². The van der Waals surface area contributed by atoms with Gasteiger partial charge in [0.05, 0.1) is 36.2 Å². The number of ether oxygens (including phenoxy) is 2. The second-order valence-electron chi connectivity index (χ2n) is 11.7. The molecule has 42 heavy (non-hydrogen) atoms. The van der Waals surface area contributed by atoms with E-state index in [9.17, 15) is 9.90 Å². The third-order valence-electron chi connectivity index (χ3n) is 7.47. The van der Waals surface area contributed by atoms with Gasteiger partial charge in [0, 0.05) is 31.6 Å². The maximum Gasteiger partial charge on any atom is 0.410 e. The van der Waals surface area contributed by atoms with Gasteiger partial charge in [-0.25, -0.2) is 14.8 Å². The Hall–Kier alpha value is -4.68. The van der Waals surface area contributed by atoms with E-state index in [1.165, 1.54) is 0 Å². The van der Waals surface area contributed by atoms with Crippen molar-refractivity contribution >= 4 is 28.9 Å². The number of anilines is 2. The van der Waals surface area contributed by atoms with Gasteiger partial charge in [0.25, 0.3) is 0 Å². The first-order valence-corrected chi connectivity index (χ1v) is 14.2. The molecular weight excluding hydrogens is 538 g/mol. The number of hydrogen-bond acceptors (Lipinski definition) is 11. The summed E-state index contributed by atoms with van der Waals surface area (Å²) in [5.74, 6) is 1.68. The predicted octanol–water partition coefficient (Wildman–Crippen LogP) is 3.80. The topological polar surface area (TPSA) is 158 Å². The van der Waals surface area contributed by atoms with Crippen molar-refractivity contribution < 1.29 is 19.4 Å². The van der Waals surface area contributed by atoms with Gasteiger partial charge in [0.2, 0.25) is 5.95 Å². The molecule has 2 aliphatic heterocycles. The Morgan fingerprint density at radius 1 is 1.05 bits per heavy atom. The number of carbonyl (C=O) groups is 1. The second-order valence-corrected chi connectivity index (χ2v) is 11.7. The molecular formula is C29H35N9O4. The molecule has 13 heteroatoms. The van der Waals surface area contributed by atoms with Crippen LogP contribution in [0.5, 0.6) is 11.5 Å². The lowest BCUT2D eigenvalue weighted by molar-refractivity contribution is 0.0275. The minimum atomic E-state index is -0.529. The summed E-state index contributed by atoms with van der Waals surface area (Å²) in [7, 11) is 0. The van der Waals surface area contributed by atoms with Gasteiger partial charge in [-0.2, -0.15) is 5.10 Å². The third-order valence-corrected chi connectivity index (χ3v) is 7.47. The first-order chi connectivity index (χ1) is 20.1. The van der Waals surface area contributed by atoms with E-state index in [0.29, 0.717) is 47.4 Å². The van der Waals surface area contributed by atoms with Gasteiger partial charge in [0.15, 0.2) is 17.1 Å². The summed E-state index contributed by atoms with van der Waals surface area (Å²) in [4.78, 5) is 25.3. The molecule has 0 radical (unpaired) electrons. The summed E-state index contributed by atoms with van der Waals surface area (Å²) in [6.07, 6.45) is 5.27. The van der Waals surface area contributed by atoms with E-state index in [4.69, 9.17) is 15.2 Å². The van der Waals surface area contributed by atoms with E-state index in [1.54, 1.807) is 35.5 Å². The Morgan fingerprint density at radius 2 is 1.79 bits per heavy atom. The maximum absolute atomic E-state index is 12.3. The van der Waals surface area contributed by atoms with Crippen LogP contribution in [0.4, 0.5) is 16.6 Å². The third kappa shape index (κ3) is 5.71. The second kappa shape index (κ2) is 11.0. The highest BCUT2D eigenvalue weighted by Crippen LogP contribution is 2.33. The molecule has 2 saturated heterocycles. The van der Waals surface area contributed by atoms with Crippen LogP contribution in [0, 0.1) is 0 Å². The average molecular weight is 574 g/mol. The zero-order valence-electron chi connectivity index (χ0n) is 24.0. The molecule has 4 aromatic rings. The molecule has 220 valence electrons. The molecule has 5 heterocycles. The minimum absolute atomic E-state index is 0.111. The molecule has 1 amide bonds. The molecule has 13 nitrogen and oxygen atoms in total. The van der Waals surface area contributed by atoms with E-state index in [1.807, 2.05) is 37.6 Å². The number of amides is 1. The molecule has 0 aliphatic carbocycles. The molecule has 0 bridgehead atoms. The Balaban J connectivity index is 1.07. The number of nitrogen functional groups attached to an aromatic ring is 1. The monoisotopic (exact) mass is 573 g/mol. The fourth-order valence-electron chi connectivity index (χ4n) is 5.41. The summed E-state index contributed by atoms with van der Waals surface area (Å²) < 4.78 is 13.4. The smallest absolute Gasteiger partial charge is 0.410 e. The van der Waals surface area contributed by atoms with Crippen LogP contribution < -0.4 is 15.4 Å². The molecule has 0 spiro atoms. The quantitative estimate of drug-likeness (QED) is 0.358. The molecule has 2 fully saturated rings. The fraction of sp³-hybridized carbons (Fsp3) is 0.448. The van der Waals surface area contributed by atoms with Crippen LogP contribution in [0.15, 0.2) is 42.7 Å². The number of benzene rings is 1. The Bertz CT molecular complexity index is 1580. The first-order valence-electron chi connectivity index (χ1n) is 14.2. The van der Waals surface area contributed by atoms with Crippen LogP contribution in [0.1, 0.15) is 46.1 Å². The van der Waals surface area contributed by atoms with Gasteiger partial charge < -0.3 is 30.1 Å². The number of carbonyl (C=O) groups excluding carboxylic acids is 1. The number of nitrogens with two attached hydrogens (primary N) is 1. The van der Waals surface area contributed by atoms with Crippen LogP contribution >= 0.6 is 0 Å². The van der Waals surface area contributed by atoms with Crippen molar-refractivity contribution in [1.29, 1.82) is 0 Å². The minimum Gasteiger partial charge on any atom is -0.507 e. The van der Waals surface area contributed by atoms with Crippen LogP contribution in [0.25, 0.3) is 22.3 Å². The van der Waals surface area contributed by atoms with Crippen molar-refractivity contribution in [1.82, 2.24) is 34.8 Å². The number of piperidine rings is 1. The van der Waals surface area contributed by atoms with Gasteiger partial charge in [-0.15, -0.1) is 10.2 Å². The van der Waals surface area contributed by atoms with Crippen molar-refractivity contribution in [3.63, 3.8) is 0 Å². The zero-order chi connectivity index (χ0) is 29.4. The summed E-state index contributed by atoms with van der Waals surface area (Å²) >= 11 is 0. The number of phenols is 1. The zero-order valence-corrected chi connectivity index (χ0v) is 24.0. The number of aromatic hydroxyl groups is 1. The predicted molar refractivity (Wildman–Crippen MR) is 156 cm³/mol. The van der Waals surface area contributed by atoms with Crippen LogP contribution in [0.3, 0.4) is 0 Å². The van der Waals surface area contributed by atoms with Gasteiger partial charge >= 0.3 is 6.09 Å². The molecule has 0 saturated carbocycles. The molecule has 2 aliphatic rings. The number of phenolic OH excluding ortho intramolecular Hbond substituents is 1. The number of likely N-dealkylation sites (tertiary alicyclic amines) is 1. The lowest BCUT2D eigenvalue weighted by Crippen LogP contribution is -2.36. The number of fused-ring (bicyclic) bond motifs is 1. The van der Waals surface area contributed by atoms with Crippen LogP contribution in [-0.2, 0) is 4.74 Å². The number of nitrogens with zero attached hydrogens (tertiary/aromatic N) is 8. The maximum atomic E-state index is 12.3. The molecule has 1 atom stereocenters. The summed E-state index contributed by atoms with van der Waals surface area (Å²) in [6, 6.07) is 9.03. The fourth-order valence-corrected chi connectivity index (χ4v) is 5.41. The number of para-hydroxylation sites is 1. The van der Waals surface area contributed by atoms with Gasteiger partial charge in [-0.1, -0.05) is 12.1 Å². The number of aromatic nitrogens is 6. The van der Waals surface area contributed by atoms with E-state index >= 15 is 0 Å². The van der Waals surface area contributed by atoms with Gasteiger partial charge in [-0.3, -0.25) is 4.68 Å². The van der Waals surface area contributed by atoms with E-state index in [0.717, 1.165) is 37.9 Å². The molecule has 3 aromatic heterocycles. The summed E-state index contributed by atoms with van der Waals surface area (Å²) in [5.41, 5.74) is 8.16. The summed E-state index contributed by atoms with van der Waals surface area (Å²) in [5, 5.41) is 23.5. The summed E-state index contributed by atoms with van der Waals surface area (Å²) in [6.45, 7) is 8.11. The molecule has 3 N–H and O–H groups in total. The first kappa shape index (κ1) is 27.5. The van der Waals surface area contributed by atoms with E-state index < -0.39 is 5.60 Å². The van der Waals surface area contributed by atoms with E-state index in [-0.39, 0.29) is 24.0 Å². The highest BCUT2D eigenvalue weighted by molar-refractivity contribution is 5.87. The Labute approximate surface area is 243 Å². The molecule has 1 unspecified atom stereocenters. The van der Waals surface area contributed by atoms with Crippen molar-refractivity contribution in [2.45, 2.75) is 57.8 Å². The SMILES string of the molecule is CC(C)(C)OC(=O)N1CCC(Oc2cnc(N3CCC(n4nc(N)c5nnc(-c6ccccc6O)cc54)CC3)nc2)C1. The largest absolute Gasteiger partial charge is 0.507 e. The van der Waals surface area contributed by atoms with Gasteiger partial charge in [-0.05, 0) is 51.8 Å². The normalized spacial score (nSPS) is 18.0. The highest BCUT2D eigenvalue weighted by atomic mass is 16.6. The van der Waals surface area contributed by atoms with Crippen LogP contribution in [-0.4, -0.2) is 83.9 Å². The number of rotatable bonds is 5. The van der Waals surface area contributed by atoms with Crippen molar-refractivity contribution in [2.24, 2.45) is 0 Å². The van der Waals surface area contributed by atoms with Crippen LogP contribution in [0.2, 0.25) is 0 Å². The number of hydrogen-bond donors (Lipinski definition) is 2. The Kier molecular flexibility index (Phi) is 7.17.